The summed E-state index contributed by atoms with van der Waals surface area (Å²) in [6.07, 6.45) is 5.40. The number of anilines is 1. The van der Waals surface area contributed by atoms with Crippen LogP contribution in [0.5, 0.6) is 0 Å². The number of carbonyl (C=O) groups is 2. The minimum Gasteiger partial charge on any atom is -0.342 e. The van der Waals surface area contributed by atoms with Gasteiger partial charge in [0.2, 0.25) is 11.8 Å². The van der Waals surface area contributed by atoms with Gasteiger partial charge in [0, 0.05) is 36.6 Å². The number of nitrogens with zero attached hydrogens (tertiary/aromatic N) is 4. The van der Waals surface area contributed by atoms with Gasteiger partial charge in [0.1, 0.15) is 6.33 Å². The van der Waals surface area contributed by atoms with Gasteiger partial charge in [-0.05, 0) is 61.7 Å². The Morgan fingerprint density at radius 2 is 1.93 bits per heavy atom. The van der Waals surface area contributed by atoms with Gasteiger partial charge in [-0.3, -0.25) is 9.59 Å². The lowest BCUT2D eigenvalue weighted by Crippen LogP contribution is -2.44. The highest BCUT2D eigenvalue weighted by Crippen LogP contribution is 2.33. The third-order valence-electron chi connectivity index (χ3n) is 5.03. The highest BCUT2D eigenvalue weighted by molar-refractivity contribution is 7.99. The number of aryl methyl sites for hydroxylation is 1. The third kappa shape index (κ3) is 4.32. The molecule has 1 saturated carbocycles. The molecule has 1 aliphatic heterocycles. The van der Waals surface area contributed by atoms with Crippen LogP contribution in [0.4, 0.5) is 5.69 Å². The van der Waals surface area contributed by atoms with Gasteiger partial charge in [-0.25, -0.2) is 0 Å². The van der Waals surface area contributed by atoms with Crippen LogP contribution < -0.4 is 5.32 Å². The van der Waals surface area contributed by atoms with Crippen molar-refractivity contribution in [1.82, 2.24) is 19.7 Å². The van der Waals surface area contributed by atoms with E-state index in [0.717, 1.165) is 48.0 Å². The number of likely N-dealkylation sites (tertiary alicyclic amines) is 1. The Balaban J connectivity index is 1.33. The zero-order valence-corrected chi connectivity index (χ0v) is 16.1. The SMILES string of the molecule is Cn1cnnc1Sc1ccc(NC(=O)C2CCCN(C(=O)C3CC3)C2)cc1. The van der Waals surface area contributed by atoms with E-state index in [1.807, 2.05) is 40.8 Å². The van der Waals surface area contributed by atoms with Crippen molar-refractivity contribution in [3.63, 3.8) is 0 Å². The molecule has 1 N–H and O–H groups in total. The van der Waals surface area contributed by atoms with Gasteiger partial charge in [0.15, 0.2) is 5.16 Å². The van der Waals surface area contributed by atoms with E-state index in [0.29, 0.717) is 6.54 Å². The Morgan fingerprint density at radius 1 is 1.15 bits per heavy atom. The van der Waals surface area contributed by atoms with Gasteiger partial charge in [-0.2, -0.15) is 0 Å². The second kappa shape index (κ2) is 7.72. The fraction of sp³-hybridized carbons (Fsp3) is 0.474. The van der Waals surface area contributed by atoms with Crippen LogP contribution >= 0.6 is 11.8 Å². The first-order chi connectivity index (χ1) is 13.1. The normalized spacial score (nSPS) is 19.7. The van der Waals surface area contributed by atoms with Crippen molar-refractivity contribution in [2.45, 2.75) is 35.7 Å². The van der Waals surface area contributed by atoms with Crippen molar-refractivity contribution in [1.29, 1.82) is 0 Å². The van der Waals surface area contributed by atoms with E-state index in [1.54, 1.807) is 6.33 Å². The van der Waals surface area contributed by atoms with Crippen molar-refractivity contribution in [3.8, 4) is 0 Å². The number of nitrogens with one attached hydrogen (secondary N) is 1. The molecule has 2 amide bonds. The summed E-state index contributed by atoms with van der Waals surface area (Å²) in [6.45, 7) is 1.33. The molecule has 142 valence electrons. The third-order valence-corrected chi connectivity index (χ3v) is 6.09. The molecule has 2 aliphatic rings. The van der Waals surface area contributed by atoms with Crippen LogP contribution in [0.15, 0.2) is 40.6 Å². The second-order valence-electron chi connectivity index (χ2n) is 7.24. The molecule has 2 fully saturated rings. The molecule has 27 heavy (non-hydrogen) atoms. The number of benzene rings is 1. The van der Waals surface area contributed by atoms with Gasteiger partial charge < -0.3 is 14.8 Å². The Hall–Kier alpha value is -2.35. The smallest absolute Gasteiger partial charge is 0.229 e. The molecular weight excluding hydrogens is 362 g/mol. The number of amides is 2. The van der Waals surface area contributed by atoms with Crippen molar-refractivity contribution in [3.05, 3.63) is 30.6 Å². The molecule has 4 rings (SSSR count). The standard InChI is InChI=1S/C19H23N5O2S/c1-23-12-20-22-19(23)27-16-8-6-15(7-9-16)21-17(25)14-3-2-10-24(11-14)18(26)13-4-5-13/h6-9,12-14H,2-5,10-11H2,1H3,(H,21,25). The summed E-state index contributed by atoms with van der Waals surface area (Å²) in [5, 5.41) is 11.7. The van der Waals surface area contributed by atoms with E-state index < -0.39 is 0 Å². The first-order valence-electron chi connectivity index (χ1n) is 9.32. The minimum absolute atomic E-state index is 0.00278. The Kier molecular flexibility index (Phi) is 5.15. The molecule has 0 spiro atoms. The van der Waals surface area contributed by atoms with Crippen LogP contribution in [0.3, 0.4) is 0 Å². The first-order valence-corrected chi connectivity index (χ1v) is 10.1. The van der Waals surface area contributed by atoms with E-state index in [-0.39, 0.29) is 23.7 Å². The van der Waals surface area contributed by atoms with Crippen LogP contribution in [0.1, 0.15) is 25.7 Å². The van der Waals surface area contributed by atoms with E-state index in [9.17, 15) is 9.59 Å². The fourth-order valence-electron chi connectivity index (χ4n) is 3.30. The monoisotopic (exact) mass is 385 g/mol. The molecule has 1 aliphatic carbocycles. The molecular formula is C19H23N5O2S. The summed E-state index contributed by atoms with van der Waals surface area (Å²) in [7, 11) is 1.90. The molecule has 1 aromatic carbocycles. The first kappa shape index (κ1) is 18.0. The number of rotatable bonds is 5. The maximum absolute atomic E-state index is 12.6. The van der Waals surface area contributed by atoms with Gasteiger partial charge in [-0.1, -0.05) is 0 Å². The predicted octanol–water partition coefficient (Wildman–Crippen LogP) is 2.55. The maximum atomic E-state index is 12.6. The van der Waals surface area contributed by atoms with Gasteiger partial charge in [0.25, 0.3) is 0 Å². The molecule has 1 aromatic heterocycles. The van der Waals surface area contributed by atoms with Crippen molar-refractivity contribution in [2.24, 2.45) is 18.9 Å². The van der Waals surface area contributed by atoms with Gasteiger partial charge in [0.05, 0.1) is 5.92 Å². The number of piperidine rings is 1. The quantitative estimate of drug-likeness (QED) is 0.856. The summed E-state index contributed by atoms with van der Waals surface area (Å²) < 4.78 is 1.86. The predicted molar refractivity (Wildman–Crippen MR) is 102 cm³/mol. The lowest BCUT2D eigenvalue weighted by Gasteiger charge is -2.32. The summed E-state index contributed by atoms with van der Waals surface area (Å²) >= 11 is 1.52. The van der Waals surface area contributed by atoms with Crippen molar-refractivity contribution >= 4 is 29.3 Å². The van der Waals surface area contributed by atoms with E-state index >= 15 is 0 Å². The average molecular weight is 385 g/mol. The molecule has 8 heteroatoms. The topological polar surface area (TPSA) is 80.1 Å². The molecule has 0 radical (unpaired) electrons. The summed E-state index contributed by atoms with van der Waals surface area (Å²) in [4.78, 5) is 27.8. The van der Waals surface area contributed by atoms with Crippen LogP contribution in [0.25, 0.3) is 0 Å². The average Bonchev–Trinajstić information content (AvgIpc) is 3.46. The highest BCUT2D eigenvalue weighted by Gasteiger charge is 2.36. The number of carbonyl (C=O) groups excluding carboxylic acids is 2. The molecule has 7 nitrogen and oxygen atoms in total. The molecule has 1 saturated heterocycles. The molecule has 2 aromatic rings. The Morgan fingerprint density at radius 3 is 2.59 bits per heavy atom. The summed E-state index contributed by atoms with van der Waals surface area (Å²) in [5.74, 6) is 0.314. The van der Waals surface area contributed by atoms with Crippen molar-refractivity contribution in [2.75, 3.05) is 18.4 Å². The minimum atomic E-state index is -0.130. The largest absolute Gasteiger partial charge is 0.342 e. The van der Waals surface area contributed by atoms with Crippen LogP contribution in [-0.4, -0.2) is 44.6 Å². The lowest BCUT2D eigenvalue weighted by molar-refractivity contribution is -0.135. The molecule has 1 unspecified atom stereocenters. The molecule has 0 bridgehead atoms. The van der Waals surface area contributed by atoms with E-state index in [4.69, 9.17) is 0 Å². The van der Waals surface area contributed by atoms with E-state index in [1.165, 1.54) is 11.8 Å². The number of hydrogen-bond donors (Lipinski definition) is 1. The van der Waals surface area contributed by atoms with E-state index in [2.05, 4.69) is 15.5 Å². The Bertz CT molecular complexity index is 831. The van der Waals surface area contributed by atoms with Crippen molar-refractivity contribution < 1.29 is 9.59 Å². The zero-order chi connectivity index (χ0) is 18.8. The summed E-state index contributed by atoms with van der Waals surface area (Å²) in [5.41, 5.74) is 0.771. The fourth-order valence-corrected chi connectivity index (χ4v) is 4.06. The Labute approximate surface area is 162 Å². The van der Waals surface area contributed by atoms with Crippen LogP contribution in [0.2, 0.25) is 0 Å². The highest BCUT2D eigenvalue weighted by atomic mass is 32.2. The zero-order valence-electron chi connectivity index (χ0n) is 15.3. The number of hydrogen-bond acceptors (Lipinski definition) is 5. The van der Waals surface area contributed by atoms with Crippen LogP contribution in [-0.2, 0) is 16.6 Å². The van der Waals surface area contributed by atoms with Gasteiger partial charge >= 0.3 is 0 Å². The van der Waals surface area contributed by atoms with Gasteiger partial charge in [-0.15, -0.1) is 10.2 Å². The van der Waals surface area contributed by atoms with Crippen LogP contribution in [0, 0.1) is 11.8 Å². The summed E-state index contributed by atoms with van der Waals surface area (Å²) in [6, 6.07) is 7.70. The lowest BCUT2D eigenvalue weighted by atomic mass is 9.96. The molecule has 1 atom stereocenters. The number of aromatic nitrogens is 3. The second-order valence-corrected chi connectivity index (χ2v) is 8.28. The molecule has 2 heterocycles. The maximum Gasteiger partial charge on any atom is 0.229 e.